The quantitative estimate of drug-likeness (QED) is 0.763. The van der Waals surface area contributed by atoms with Crippen LogP contribution in [0.4, 0.5) is 30.5 Å². The molecule has 2 atom stereocenters. The SMILES string of the molecule is CN(C)c1nccnc1N1CCC2CCN(c3ccc(C(F)(F)F)cc3C#N)C2C1. The Morgan fingerprint density at radius 2 is 1.87 bits per heavy atom. The Labute approximate surface area is 173 Å². The Morgan fingerprint density at radius 1 is 1.13 bits per heavy atom. The molecule has 0 N–H and O–H groups in total. The number of rotatable bonds is 3. The summed E-state index contributed by atoms with van der Waals surface area (Å²) in [4.78, 5) is 15.2. The number of hydrogen-bond donors (Lipinski definition) is 0. The Hall–Kier alpha value is -3.02. The van der Waals surface area contributed by atoms with Gasteiger partial charge < -0.3 is 14.7 Å². The van der Waals surface area contributed by atoms with E-state index in [0.29, 0.717) is 18.2 Å². The molecule has 0 spiro atoms. The second kappa shape index (κ2) is 7.67. The van der Waals surface area contributed by atoms with Gasteiger partial charge in [-0.2, -0.15) is 18.4 Å². The topological polar surface area (TPSA) is 59.3 Å². The monoisotopic (exact) mass is 416 g/mol. The number of benzene rings is 1. The summed E-state index contributed by atoms with van der Waals surface area (Å²) < 4.78 is 39.2. The van der Waals surface area contributed by atoms with E-state index in [1.54, 1.807) is 12.4 Å². The average Bonchev–Trinajstić information content (AvgIpc) is 3.15. The van der Waals surface area contributed by atoms with Crippen molar-refractivity contribution in [3.05, 3.63) is 41.7 Å². The lowest BCUT2D eigenvalue weighted by Gasteiger charge is -2.40. The summed E-state index contributed by atoms with van der Waals surface area (Å²) in [7, 11) is 3.84. The van der Waals surface area contributed by atoms with Crippen LogP contribution in [0.25, 0.3) is 0 Å². The zero-order chi connectivity index (χ0) is 21.5. The van der Waals surface area contributed by atoms with Crippen molar-refractivity contribution in [2.24, 2.45) is 5.92 Å². The standard InChI is InChI=1S/C21H23F3N6/c1-28(2)19-20(27-8-7-26-19)29-9-5-14-6-10-30(18(14)13-29)17-4-3-16(21(22,23)24)11-15(17)12-25/h3-4,7-8,11,14,18H,5-6,9-10,13H2,1-2H3. The maximum Gasteiger partial charge on any atom is 0.416 e. The van der Waals surface area contributed by atoms with Crippen LogP contribution in [0.5, 0.6) is 0 Å². The molecule has 6 nitrogen and oxygen atoms in total. The Morgan fingerprint density at radius 3 is 2.57 bits per heavy atom. The summed E-state index contributed by atoms with van der Waals surface area (Å²) in [6, 6.07) is 5.54. The Bertz CT molecular complexity index is 968. The van der Waals surface area contributed by atoms with Gasteiger partial charge in [0.2, 0.25) is 0 Å². The minimum absolute atomic E-state index is 0.0658. The van der Waals surface area contributed by atoms with Crippen LogP contribution >= 0.6 is 0 Å². The molecule has 158 valence electrons. The highest BCUT2D eigenvalue weighted by Crippen LogP contribution is 2.40. The van der Waals surface area contributed by atoms with E-state index in [2.05, 4.69) is 19.8 Å². The van der Waals surface area contributed by atoms with Gasteiger partial charge in [-0.1, -0.05) is 0 Å². The summed E-state index contributed by atoms with van der Waals surface area (Å²) in [5.74, 6) is 2.03. The molecular formula is C21H23F3N6. The van der Waals surface area contributed by atoms with Crippen LogP contribution in [0.2, 0.25) is 0 Å². The molecule has 4 rings (SSSR count). The Balaban J connectivity index is 1.63. The summed E-state index contributed by atoms with van der Waals surface area (Å²) in [6.45, 7) is 2.27. The largest absolute Gasteiger partial charge is 0.416 e. The fourth-order valence-electron chi connectivity index (χ4n) is 4.55. The number of nitrogens with zero attached hydrogens (tertiary/aromatic N) is 6. The molecule has 0 radical (unpaired) electrons. The van der Waals surface area contributed by atoms with Gasteiger partial charge in [-0.05, 0) is 37.0 Å². The van der Waals surface area contributed by atoms with Gasteiger partial charge in [-0.3, -0.25) is 0 Å². The zero-order valence-corrected chi connectivity index (χ0v) is 16.9. The molecule has 30 heavy (non-hydrogen) atoms. The molecule has 0 bridgehead atoms. The van der Waals surface area contributed by atoms with E-state index in [1.165, 1.54) is 6.07 Å². The fourth-order valence-corrected chi connectivity index (χ4v) is 4.55. The first kappa shape index (κ1) is 20.3. The van der Waals surface area contributed by atoms with Gasteiger partial charge in [0.05, 0.1) is 16.8 Å². The van der Waals surface area contributed by atoms with Gasteiger partial charge in [0.1, 0.15) is 6.07 Å². The second-order valence-corrected chi connectivity index (χ2v) is 7.98. The van der Waals surface area contributed by atoms with Gasteiger partial charge in [-0.15, -0.1) is 0 Å². The minimum Gasteiger partial charge on any atom is -0.365 e. The molecule has 3 heterocycles. The van der Waals surface area contributed by atoms with Crippen LogP contribution < -0.4 is 14.7 Å². The molecule has 2 aliphatic heterocycles. The van der Waals surface area contributed by atoms with Crippen LogP contribution in [-0.4, -0.2) is 49.7 Å². The number of piperidine rings is 1. The molecule has 2 aromatic rings. The summed E-state index contributed by atoms with van der Waals surface area (Å²) in [5.41, 5.74) is -0.151. The molecule has 0 amide bonds. The van der Waals surface area contributed by atoms with Crippen LogP contribution in [-0.2, 0) is 6.18 Å². The first-order chi connectivity index (χ1) is 14.3. The van der Waals surface area contributed by atoms with Crippen molar-refractivity contribution in [1.29, 1.82) is 5.26 Å². The molecule has 2 saturated heterocycles. The molecule has 1 aromatic carbocycles. The van der Waals surface area contributed by atoms with Crippen LogP contribution in [0.15, 0.2) is 30.6 Å². The molecule has 2 unspecified atom stereocenters. The van der Waals surface area contributed by atoms with Crippen molar-refractivity contribution in [3.8, 4) is 6.07 Å². The molecule has 0 aliphatic carbocycles. The number of aromatic nitrogens is 2. The number of anilines is 3. The number of hydrogen-bond acceptors (Lipinski definition) is 6. The van der Waals surface area contributed by atoms with E-state index in [9.17, 15) is 18.4 Å². The lowest BCUT2D eigenvalue weighted by Crippen LogP contribution is -2.49. The molecule has 2 aliphatic rings. The van der Waals surface area contributed by atoms with E-state index in [-0.39, 0.29) is 11.6 Å². The van der Waals surface area contributed by atoms with E-state index < -0.39 is 11.7 Å². The lowest BCUT2D eigenvalue weighted by molar-refractivity contribution is -0.137. The highest BCUT2D eigenvalue weighted by molar-refractivity contribution is 5.64. The third-order valence-electron chi connectivity index (χ3n) is 6.00. The van der Waals surface area contributed by atoms with Gasteiger partial charge in [0.25, 0.3) is 0 Å². The maximum atomic E-state index is 13.1. The van der Waals surface area contributed by atoms with Gasteiger partial charge >= 0.3 is 6.18 Å². The van der Waals surface area contributed by atoms with Crippen LogP contribution in [0.3, 0.4) is 0 Å². The van der Waals surface area contributed by atoms with Gasteiger partial charge in [0.15, 0.2) is 11.6 Å². The van der Waals surface area contributed by atoms with Gasteiger partial charge in [-0.25, -0.2) is 9.97 Å². The number of alkyl halides is 3. The summed E-state index contributed by atoms with van der Waals surface area (Å²) in [6.07, 6.45) is 0.797. The van der Waals surface area contributed by atoms with Crippen molar-refractivity contribution in [2.45, 2.75) is 25.1 Å². The van der Waals surface area contributed by atoms with E-state index in [1.807, 2.05) is 25.1 Å². The lowest BCUT2D eigenvalue weighted by atomic mass is 9.92. The summed E-state index contributed by atoms with van der Waals surface area (Å²) >= 11 is 0. The van der Waals surface area contributed by atoms with Crippen molar-refractivity contribution in [2.75, 3.05) is 48.4 Å². The predicted molar refractivity (Wildman–Crippen MR) is 109 cm³/mol. The number of nitriles is 1. The summed E-state index contributed by atoms with van der Waals surface area (Å²) in [5, 5.41) is 9.51. The van der Waals surface area contributed by atoms with Crippen molar-refractivity contribution in [3.63, 3.8) is 0 Å². The first-order valence-corrected chi connectivity index (χ1v) is 9.91. The third kappa shape index (κ3) is 3.62. The number of fused-ring (bicyclic) bond motifs is 1. The van der Waals surface area contributed by atoms with Crippen LogP contribution in [0, 0.1) is 17.2 Å². The van der Waals surface area contributed by atoms with E-state index >= 15 is 0 Å². The van der Waals surface area contributed by atoms with Crippen molar-refractivity contribution < 1.29 is 13.2 Å². The molecular weight excluding hydrogens is 393 g/mol. The first-order valence-electron chi connectivity index (χ1n) is 9.91. The minimum atomic E-state index is -4.46. The normalized spacial score (nSPS) is 21.3. The molecule has 0 saturated carbocycles. The van der Waals surface area contributed by atoms with E-state index in [4.69, 9.17) is 0 Å². The van der Waals surface area contributed by atoms with Gasteiger partial charge in [0, 0.05) is 52.2 Å². The zero-order valence-electron chi connectivity index (χ0n) is 16.9. The molecule has 9 heteroatoms. The third-order valence-corrected chi connectivity index (χ3v) is 6.00. The smallest absolute Gasteiger partial charge is 0.365 e. The van der Waals surface area contributed by atoms with E-state index in [0.717, 1.165) is 49.7 Å². The van der Waals surface area contributed by atoms with Crippen molar-refractivity contribution in [1.82, 2.24) is 9.97 Å². The molecule has 2 fully saturated rings. The van der Waals surface area contributed by atoms with Crippen molar-refractivity contribution >= 4 is 17.3 Å². The highest BCUT2D eigenvalue weighted by atomic mass is 19.4. The number of halogens is 3. The Kier molecular flexibility index (Phi) is 5.18. The average molecular weight is 416 g/mol. The molecule has 1 aromatic heterocycles. The second-order valence-electron chi connectivity index (χ2n) is 7.98. The fraction of sp³-hybridized carbons (Fsp3) is 0.476. The highest BCUT2D eigenvalue weighted by Gasteiger charge is 2.40. The van der Waals surface area contributed by atoms with Crippen LogP contribution in [0.1, 0.15) is 24.0 Å². The predicted octanol–water partition coefficient (Wildman–Crippen LogP) is 3.54. The maximum absolute atomic E-state index is 13.1.